The van der Waals surface area contributed by atoms with Gasteiger partial charge in [0.1, 0.15) is 0 Å². The number of likely N-dealkylation sites (N-methyl/N-ethyl adjacent to an activating group) is 1. The van der Waals surface area contributed by atoms with E-state index in [9.17, 15) is 9.59 Å². The van der Waals surface area contributed by atoms with E-state index >= 15 is 0 Å². The molecule has 0 radical (unpaired) electrons. The van der Waals surface area contributed by atoms with Crippen molar-refractivity contribution in [2.24, 2.45) is 11.7 Å². The minimum Gasteiger partial charge on any atom is -0.342 e. The number of carbonyl (C=O) groups excluding carboxylic acids is 2. The fourth-order valence-corrected chi connectivity index (χ4v) is 2.95. The zero-order valence-electron chi connectivity index (χ0n) is 14.1. The molecular weight excluding hydrogens is 290 g/mol. The van der Waals surface area contributed by atoms with Crippen molar-refractivity contribution in [2.45, 2.75) is 32.2 Å². The first kappa shape index (κ1) is 17.5. The SMILES string of the molecule is CC(CN)N(C)C(=O)C1CCCN(C(=O)Cc2ccccc2)C1. The van der Waals surface area contributed by atoms with Crippen molar-refractivity contribution >= 4 is 11.8 Å². The number of benzene rings is 1. The molecule has 1 aliphatic heterocycles. The summed E-state index contributed by atoms with van der Waals surface area (Å²) in [5, 5.41) is 0. The minimum absolute atomic E-state index is 0.0258. The summed E-state index contributed by atoms with van der Waals surface area (Å²) in [7, 11) is 1.80. The smallest absolute Gasteiger partial charge is 0.227 e. The second-order valence-electron chi connectivity index (χ2n) is 6.38. The van der Waals surface area contributed by atoms with Gasteiger partial charge in [0.05, 0.1) is 12.3 Å². The Balaban J connectivity index is 1.95. The maximum absolute atomic E-state index is 12.6. The second-order valence-corrected chi connectivity index (χ2v) is 6.38. The van der Waals surface area contributed by atoms with Gasteiger partial charge < -0.3 is 15.5 Å². The van der Waals surface area contributed by atoms with Gasteiger partial charge in [-0.1, -0.05) is 30.3 Å². The van der Waals surface area contributed by atoms with Crippen LogP contribution in [0, 0.1) is 5.92 Å². The molecule has 2 amide bonds. The number of hydrogen-bond donors (Lipinski definition) is 1. The normalized spacial score (nSPS) is 19.3. The van der Waals surface area contributed by atoms with Gasteiger partial charge in [-0.2, -0.15) is 0 Å². The molecule has 2 unspecified atom stereocenters. The largest absolute Gasteiger partial charge is 0.342 e. The molecule has 1 fully saturated rings. The summed E-state index contributed by atoms with van der Waals surface area (Å²) in [6.07, 6.45) is 2.12. The third-order valence-electron chi connectivity index (χ3n) is 4.67. The average molecular weight is 317 g/mol. The Kier molecular flexibility index (Phi) is 6.16. The quantitative estimate of drug-likeness (QED) is 0.889. The zero-order chi connectivity index (χ0) is 16.8. The van der Waals surface area contributed by atoms with Crippen molar-refractivity contribution in [3.8, 4) is 0 Å². The number of piperidine rings is 1. The summed E-state index contributed by atoms with van der Waals surface area (Å²) < 4.78 is 0. The molecule has 5 nitrogen and oxygen atoms in total. The highest BCUT2D eigenvalue weighted by Crippen LogP contribution is 2.20. The van der Waals surface area contributed by atoms with E-state index in [1.165, 1.54) is 0 Å². The lowest BCUT2D eigenvalue weighted by Crippen LogP contribution is -2.49. The highest BCUT2D eigenvalue weighted by molar-refractivity contribution is 5.82. The Hall–Kier alpha value is -1.88. The van der Waals surface area contributed by atoms with Crippen LogP contribution in [-0.4, -0.2) is 54.3 Å². The van der Waals surface area contributed by atoms with Crippen LogP contribution in [-0.2, 0) is 16.0 Å². The van der Waals surface area contributed by atoms with Gasteiger partial charge in [0.2, 0.25) is 11.8 Å². The lowest BCUT2D eigenvalue weighted by atomic mass is 9.95. The predicted molar refractivity (Wildman–Crippen MR) is 90.7 cm³/mol. The van der Waals surface area contributed by atoms with E-state index in [0.717, 1.165) is 24.9 Å². The van der Waals surface area contributed by atoms with E-state index < -0.39 is 0 Å². The lowest BCUT2D eigenvalue weighted by Gasteiger charge is -2.35. The number of carbonyl (C=O) groups is 2. The molecule has 0 bridgehead atoms. The average Bonchev–Trinajstić information content (AvgIpc) is 2.60. The van der Waals surface area contributed by atoms with Crippen LogP contribution in [0.1, 0.15) is 25.3 Å². The standard InChI is InChI=1S/C18H27N3O2/c1-14(12-19)20(2)18(23)16-9-6-10-21(13-16)17(22)11-15-7-4-3-5-8-15/h3-5,7-8,14,16H,6,9-13,19H2,1-2H3. The summed E-state index contributed by atoms with van der Waals surface area (Å²) in [5.74, 6) is 0.0888. The van der Waals surface area contributed by atoms with Crippen molar-refractivity contribution in [1.29, 1.82) is 0 Å². The Morgan fingerprint density at radius 3 is 2.70 bits per heavy atom. The van der Waals surface area contributed by atoms with Gasteiger partial charge in [-0.05, 0) is 25.3 Å². The van der Waals surface area contributed by atoms with Gasteiger partial charge in [-0.15, -0.1) is 0 Å². The Labute approximate surface area is 138 Å². The van der Waals surface area contributed by atoms with Crippen molar-refractivity contribution in [2.75, 3.05) is 26.7 Å². The van der Waals surface area contributed by atoms with Crippen LogP contribution < -0.4 is 5.73 Å². The molecule has 0 aliphatic carbocycles. The summed E-state index contributed by atoms with van der Waals surface area (Å²) in [5.41, 5.74) is 6.66. The van der Waals surface area contributed by atoms with Crippen molar-refractivity contribution in [3.05, 3.63) is 35.9 Å². The number of nitrogens with zero attached hydrogens (tertiary/aromatic N) is 2. The van der Waals surface area contributed by atoms with E-state index in [1.807, 2.05) is 42.2 Å². The van der Waals surface area contributed by atoms with Crippen LogP contribution in [0.2, 0.25) is 0 Å². The first-order valence-electron chi connectivity index (χ1n) is 8.31. The topological polar surface area (TPSA) is 66.6 Å². The van der Waals surface area contributed by atoms with Gasteiger partial charge in [0, 0.05) is 32.7 Å². The van der Waals surface area contributed by atoms with Gasteiger partial charge in [-0.3, -0.25) is 9.59 Å². The molecule has 5 heteroatoms. The number of hydrogen-bond acceptors (Lipinski definition) is 3. The molecule has 1 aromatic rings. The minimum atomic E-state index is -0.109. The van der Waals surface area contributed by atoms with E-state index in [2.05, 4.69) is 0 Å². The molecule has 2 atom stereocenters. The molecule has 1 saturated heterocycles. The van der Waals surface area contributed by atoms with Crippen LogP contribution in [0.15, 0.2) is 30.3 Å². The Morgan fingerprint density at radius 2 is 2.04 bits per heavy atom. The molecule has 2 N–H and O–H groups in total. The number of likely N-dealkylation sites (tertiary alicyclic amines) is 1. The molecule has 1 aromatic carbocycles. The van der Waals surface area contributed by atoms with E-state index in [0.29, 0.717) is 19.5 Å². The molecule has 1 heterocycles. The van der Waals surface area contributed by atoms with Crippen LogP contribution in [0.25, 0.3) is 0 Å². The van der Waals surface area contributed by atoms with Crippen molar-refractivity contribution < 1.29 is 9.59 Å². The molecule has 2 rings (SSSR count). The van der Waals surface area contributed by atoms with Crippen molar-refractivity contribution in [3.63, 3.8) is 0 Å². The van der Waals surface area contributed by atoms with Gasteiger partial charge in [-0.25, -0.2) is 0 Å². The monoisotopic (exact) mass is 317 g/mol. The summed E-state index contributed by atoms with van der Waals surface area (Å²) >= 11 is 0. The summed E-state index contributed by atoms with van der Waals surface area (Å²) in [6, 6.07) is 9.76. The third-order valence-corrected chi connectivity index (χ3v) is 4.67. The molecule has 0 aromatic heterocycles. The highest BCUT2D eigenvalue weighted by atomic mass is 16.2. The summed E-state index contributed by atoms with van der Waals surface area (Å²) in [4.78, 5) is 28.6. The van der Waals surface area contributed by atoms with Gasteiger partial charge in [0.25, 0.3) is 0 Å². The highest BCUT2D eigenvalue weighted by Gasteiger charge is 2.31. The van der Waals surface area contributed by atoms with E-state index in [4.69, 9.17) is 5.73 Å². The number of nitrogens with two attached hydrogens (primary N) is 1. The number of amides is 2. The van der Waals surface area contributed by atoms with Crippen LogP contribution in [0.5, 0.6) is 0 Å². The third kappa shape index (κ3) is 4.55. The second kappa shape index (κ2) is 8.11. The molecule has 1 aliphatic rings. The maximum Gasteiger partial charge on any atom is 0.227 e. The van der Waals surface area contributed by atoms with Gasteiger partial charge in [0.15, 0.2) is 0 Å². The molecule has 0 spiro atoms. The van der Waals surface area contributed by atoms with E-state index in [1.54, 1.807) is 11.9 Å². The first-order chi connectivity index (χ1) is 11.0. The Bertz CT molecular complexity index is 532. The summed E-state index contributed by atoms with van der Waals surface area (Å²) in [6.45, 7) is 3.66. The molecule has 23 heavy (non-hydrogen) atoms. The molecule has 0 saturated carbocycles. The van der Waals surface area contributed by atoms with Gasteiger partial charge >= 0.3 is 0 Å². The maximum atomic E-state index is 12.6. The van der Waals surface area contributed by atoms with Crippen LogP contribution in [0.4, 0.5) is 0 Å². The van der Waals surface area contributed by atoms with Crippen LogP contribution >= 0.6 is 0 Å². The fourth-order valence-electron chi connectivity index (χ4n) is 2.95. The Morgan fingerprint density at radius 1 is 1.35 bits per heavy atom. The lowest BCUT2D eigenvalue weighted by molar-refractivity contribution is -0.140. The van der Waals surface area contributed by atoms with Crippen LogP contribution in [0.3, 0.4) is 0 Å². The van der Waals surface area contributed by atoms with E-state index in [-0.39, 0.29) is 23.8 Å². The predicted octanol–water partition coefficient (Wildman–Crippen LogP) is 1.27. The number of rotatable bonds is 5. The molecular formula is C18H27N3O2. The molecule has 126 valence electrons. The first-order valence-corrected chi connectivity index (χ1v) is 8.31. The fraction of sp³-hybridized carbons (Fsp3) is 0.556. The zero-order valence-corrected chi connectivity index (χ0v) is 14.1. The van der Waals surface area contributed by atoms with Crippen molar-refractivity contribution in [1.82, 2.24) is 9.80 Å².